The maximum Gasteiger partial charge on any atom is 0.575 e. The Hall–Kier alpha value is -1.08. The molecule has 1 N–H and O–H groups in total. The molecule has 0 spiro atoms. The van der Waals surface area contributed by atoms with Crippen LogP contribution in [0.3, 0.4) is 0 Å². The first-order chi connectivity index (χ1) is 7.24. The normalized spacial score (nSPS) is 8.94. The summed E-state index contributed by atoms with van der Waals surface area (Å²) in [6.45, 7) is 6.50. The number of hydrogen-bond donors (Lipinski definition) is 1. The van der Waals surface area contributed by atoms with Gasteiger partial charge in [-0.3, -0.25) is 4.79 Å². The Kier molecular flexibility index (Phi) is 17.7. The zero-order valence-electron chi connectivity index (χ0n) is 9.50. The van der Waals surface area contributed by atoms with Crippen molar-refractivity contribution in [1.29, 1.82) is 0 Å². The number of rotatable bonds is 2. The third kappa shape index (κ3) is 52.4. The van der Waals surface area contributed by atoms with Crippen LogP contribution in [0.4, 0.5) is 13.2 Å². The SMILES string of the molecule is C=CC.CC(=O)OC(F)(F)F.COCCO. The van der Waals surface area contributed by atoms with Crippen LogP contribution in [0.2, 0.25) is 0 Å². The molecule has 0 heterocycles. The molecule has 0 aliphatic carbocycles. The van der Waals surface area contributed by atoms with E-state index in [-0.39, 0.29) is 6.61 Å². The summed E-state index contributed by atoms with van der Waals surface area (Å²) in [4.78, 5) is 9.52. The molecule has 0 amide bonds. The Morgan fingerprint density at radius 1 is 1.50 bits per heavy atom. The predicted octanol–water partition coefficient (Wildman–Crippen LogP) is 1.89. The molecule has 0 radical (unpaired) electrons. The molecular formula is C9H17F3O4. The minimum Gasteiger partial charge on any atom is -0.394 e. The fourth-order valence-corrected chi connectivity index (χ4v) is 0.254. The largest absolute Gasteiger partial charge is 0.575 e. The molecule has 0 unspecified atom stereocenters. The summed E-state index contributed by atoms with van der Waals surface area (Å²) in [5.41, 5.74) is 0. The highest BCUT2D eigenvalue weighted by atomic mass is 19.4. The standard InChI is InChI=1S/C3H3F3O2.C3H8O2.C3H6/c1-2(7)8-3(4,5)6;1-5-3-2-4;1-3-2/h1H3;4H,2-3H2,1H3;3H,1H2,2H3. The van der Waals surface area contributed by atoms with Crippen LogP contribution in [-0.4, -0.2) is 37.8 Å². The van der Waals surface area contributed by atoms with Crippen LogP contribution in [0.5, 0.6) is 0 Å². The third-order valence-corrected chi connectivity index (χ3v) is 0.555. The van der Waals surface area contributed by atoms with Crippen LogP contribution in [0.1, 0.15) is 13.8 Å². The second kappa shape index (κ2) is 13.9. The molecule has 16 heavy (non-hydrogen) atoms. The molecule has 0 saturated carbocycles. The zero-order valence-corrected chi connectivity index (χ0v) is 9.50. The Morgan fingerprint density at radius 3 is 1.88 bits per heavy atom. The summed E-state index contributed by atoms with van der Waals surface area (Å²) >= 11 is 0. The molecule has 0 aliphatic rings. The van der Waals surface area contributed by atoms with E-state index < -0.39 is 12.3 Å². The summed E-state index contributed by atoms with van der Waals surface area (Å²) in [5.74, 6) is -1.35. The van der Waals surface area contributed by atoms with Crippen molar-refractivity contribution in [1.82, 2.24) is 0 Å². The summed E-state index contributed by atoms with van der Waals surface area (Å²) < 4.78 is 39.8. The van der Waals surface area contributed by atoms with Crippen molar-refractivity contribution in [3.8, 4) is 0 Å². The first-order valence-corrected chi connectivity index (χ1v) is 4.18. The summed E-state index contributed by atoms with van der Waals surface area (Å²) in [6, 6.07) is 0. The van der Waals surface area contributed by atoms with E-state index >= 15 is 0 Å². The van der Waals surface area contributed by atoms with Gasteiger partial charge in [0.25, 0.3) is 0 Å². The van der Waals surface area contributed by atoms with Crippen LogP contribution in [-0.2, 0) is 14.3 Å². The quantitative estimate of drug-likeness (QED) is 0.597. The number of esters is 1. The lowest BCUT2D eigenvalue weighted by Crippen LogP contribution is -2.16. The number of alkyl halides is 3. The van der Waals surface area contributed by atoms with Crippen LogP contribution in [0.25, 0.3) is 0 Å². The number of aliphatic hydroxyl groups excluding tert-OH is 1. The van der Waals surface area contributed by atoms with E-state index in [1.807, 2.05) is 6.92 Å². The maximum atomic E-state index is 10.9. The monoisotopic (exact) mass is 246 g/mol. The highest BCUT2D eigenvalue weighted by Crippen LogP contribution is 2.15. The van der Waals surface area contributed by atoms with E-state index in [1.165, 1.54) is 0 Å². The van der Waals surface area contributed by atoms with Gasteiger partial charge in [0.05, 0.1) is 13.2 Å². The van der Waals surface area contributed by atoms with E-state index in [0.717, 1.165) is 0 Å². The number of halogens is 3. The highest BCUT2D eigenvalue weighted by Gasteiger charge is 2.32. The van der Waals surface area contributed by atoms with E-state index in [1.54, 1.807) is 13.2 Å². The molecule has 0 fully saturated rings. The molecule has 0 aromatic heterocycles. The van der Waals surface area contributed by atoms with Crippen molar-refractivity contribution in [3.63, 3.8) is 0 Å². The van der Waals surface area contributed by atoms with E-state index in [2.05, 4.69) is 16.1 Å². The van der Waals surface area contributed by atoms with E-state index in [9.17, 15) is 18.0 Å². The van der Waals surface area contributed by atoms with Gasteiger partial charge in [0, 0.05) is 14.0 Å². The number of carbonyl (C=O) groups is 1. The Morgan fingerprint density at radius 2 is 1.88 bits per heavy atom. The molecular weight excluding hydrogens is 229 g/mol. The fourth-order valence-electron chi connectivity index (χ4n) is 0.254. The van der Waals surface area contributed by atoms with Gasteiger partial charge in [-0.2, -0.15) is 0 Å². The molecule has 0 atom stereocenters. The lowest BCUT2D eigenvalue weighted by molar-refractivity contribution is -0.304. The lowest BCUT2D eigenvalue weighted by atomic mass is 10.8. The fraction of sp³-hybridized carbons (Fsp3) is 0.667. The minimum atomic E-state index is -4.83. The van der Waals surface area contributed by atoms with Crippen molar-refractivity contribution < 1.29 is 32.5 Å². The molecule has 0 rings (SSSR count). The number of aliphatic hydroxyl groups is 1. The van der Waals surface area contributed by atoms with E-state index in [0.29, 0.717) is 13.5 Å². The van der Waals surface area contributed by atoms with Gasteiger partial charge in [0.1, 0.15) is 0 Å². The number of allylic oxidation sites excluding steroid dienone is 1. The van der Waals surface area contributed by atoms with Crippen molar-refractivity contribution in [2.45, 2.75) is 20.2 Å². The van der Waals surface area contributed by atoms with Gasteiger partial charge in [-0.15, -0.1) is 19.8 Å². The lowest BCUT2D eigenvalue weighted by Gasteiger charge is -2.02. The second-order valence-corrected chi connectivity index (χ2v) is 2.16. The summed E-state index contributed by atoms with van der Waals surface area (Å²) in [5, 5.41) is 7.94. The zero-order chi connectivity index (χ0) is 13.6. The van der Waals surface area contributed by atoms with Gasteiger partial charge in [0.15, 0.2) is 0 Å². The molecule has 0 saturated heterocycles. The molecule has 7 heteroatoms. The topological polar surface area (TPSA) is 55.8 Å². The first kappa shape index (κ1) is 20.3. The summed E-state index contributed by atoms with van der Waals surface area (Å²) in [6.07, 6.45) is -3.08. The molecule has 98 valence electrons. The second-order valence-electron chi connectivity index (χ2n) is 2.16. The average Bonchev–Trinajstić information content (AvgIpc) is 2.02. The smallest absolute Gasteiger partial charge is 0.394 e. The molecule has 0 aliphatic heterocycles. The van der Waals surface area contributed by atoms with Crippen molar-refractivity contribution >= 4 is 5.97 Å². The van der Waals surface area contributed by atoms with Crippen molar-refractivity contribution in [2.75, 3.05) is 20.3 Å². The van der Waals surface area contributed by atoms with E-state index in [4.69, 9.17) is 5.11 Å². The molecule has 0 bridgehead atoms. The van der Waals surface area contributed by atoms with Gasteiger partial charge in [-0.05, 0) is 6.92 Å². The number of ether oxygens (including phenoxy) is 2. The van der Waals surface area contributed by atoms with Crippen LogP contribution in [0, 0.1) is 0 Å². The maximum absolute atomic E-state index is 10.9. The molecule has 4 nitrogen and oxygen atoms in total. The molecule has 0 aromatic carbocycles. The minimum absolute atomic E-state index is 0.122. The highest BCUT2D eigenvalue weighted by molar-refractivity contribution is 5.66. The third-order valence-electron chi connectivity index (χ3n) is 0.555. The number of carbonyl (C=O) groups excluding carboxylic acids is 1. The van der Waals surface area contributed by atoms with Gasteiger partial charge >= 0.3 is 12.3 Å². The predicted molar refractivity (Wildman–Crippen MR) is 52.7 cm³/mol. The van der Waals surface area contributed by atoms with Gasteiger partial charge in [0.2, 0.25) is 0 Å². The van der Waals surface area contributed by atoms with Crippen LogP contribution in [0.15, 0.2) is 12.7 Å². The Balaban J connectivity index is -0.000000181. The van der Waals surface area contributed by atoms with Gasteiger partial charge < -0.3 is 14.6 Å². The van der Waals surface area contributed by atoms with Gasteiger partial charge in [-0.1, -0.05) is 6.08 Å². The van der Waals surface area contributed by atoms with Crippen LogP contribution >= 0.6 is 0 Å². The summed E-state index contributed by atoms with van der Waals surface area (Å²) in [7, 11) is 1.55. The Labute approximate surface area is 92.7 Å². The Bertz CT molecular complexity index is 167. The first-order valence-electron chi connectivity index (χ1n) is 4.18. The average molecular weight is 246 g/mol. The van der Waals surface area contributed by atoms with Gasteiger partial charge in [-0.25, -0.2) is 0 Å². The number of hydrogen-bond acceptors (Lipinski definition) is 4. The van der Waals surface area contributed by atoms with Crippen molar-refractivity contribution in [2.24, 2.45) is 0 Å². The molecule has 0 aromatic rings. The van der Waals surface area contributed by atoms with Crippen LogP contribution < -0.4 is 0 Å². The number of methoxy groups -OCH3 is 1. The van der Waals surface area contributed by atoms with Crippen molar-refractivity contribution in [3.05, 3.63) is 12.7 Å².